The molecule has 2 aliphatic rings. The predicted octanol–water partition coefficient (Wildman–Crippen LogP) is 4.79. The molecule has 2 aliphatic heterocycles. The summed E-state index contributed by atoms with van der Waals surface area (Å²) in [6.45, 7) is 0. The first-order chi connectivity index (χ1) is 16.1. The van der Waals surface area contributed by atoms with Crippen molar-refractivity contribution in [2.75, 3.05) is 10.2 Å². The normalized spacial score (nSPS) is 16.8. The van der Waals surface area contributed by atoms with E-state index >= 15 is 0 Å². The summed E-state index contributed by atoms with van der Waals surface area (Å²) in [5.41, 5.74) is 3.45. The largest absolute Gasteiger partial charge is 0.324 e. The summed E-state index contributed by atoms with van der Waals surface area (Å²) in [5, 5.41) is 8.51. The number of fused-ring (bicyclic) bond motifs is 2. The van der Waals surface area contributed by atoms with Gasteiger partial charge in [-0.25, -0.2) is 9.58 Å². The van der Waals surface area contributed by atoms with Crippen molar-refractivity contribution in [1.29, 1.82) is 0 Å². The third kappa shape index (κ3) is 3.13. The van der Waals surface area contributed by atoms with Crippen LogP contribution in [0, 0.1) is 0 Å². The zero-order valence-corrected chi connectivity index (χ0v) is 17.9. The fourth-order valence-corrected chi connectivity index (χ4v) is 4.26. The lowest BCUT2D eigenvalue weighted by Gasteiger charge is -2.24. The van der Waals surface area contributed by atoms with Crippen LogP contribution in [-0.4, -0.2) is 26.6 Å². The molecular weight excluding hydrogens is 438 g/mol. The third-order valence-electron chi connectivity index (χ3n) is 5.74. The van der Waals surface area contributed by atoms with Gasteiger partial charge in [-0.05, 0) is 41.5 Å². The van der Waals surface area contributed by atoms with Gasteiger partial charge in [0, 0.05) is 10.7 Å². The molecule has 0 fully saturated rings. The molecule has 0 aliphatic carbocycles. The molecule has 6 rings (SSSR count). The van der Waals surface area contributed by atoms with Crippen LogP contribution in [0.4, 0.5) is 11.9 Å². The highest BCUT2D eigenvalue weighted by atomic mass is 35.5. The van der Waals surface area contributed by atoms with Gasteiger partial charge in [0.15, 0.2) is 0 Å². The van der Waals surface area contributed by atoms with Gasteiger partial charge in [0.25, 0.3) is 17.8 Å². The molecule has 0 unspecified atom stereocenters. The third-order valence-corrected chi connectivity index (χ3v) is 6.00. The minimum Gasteiger partial charge on any atom is -0.324 e. The van der Waals surface area contributed by atoms with Crippen LogP contribution in [0.15, 0.2) is 84.9 Å². The average molecular weight is 454 g/mol. The Bertz CT molecular complexity index is 1410. The molecule has 0 saturated heterocycles. The van der Waals surface area contributed by atoms with Gasteiger partial charge in [-0.1, -0.05) is 66.2 Å². The van der Waals surface area contributed by atoms with Crippen molar-refractivity contribution in [1.82, 2.24) is 14.8 Å². The van der Waals surface area contributed by atoms with Crippen molar-refractivity contribution >= 4 is 41.0 Å². The average Bonchev–Trinajstić information content (AvgIpc) is 3.38. The molecule has 1 aromatic heterocycles. The standard InChI is InChI=1S/C25H16ClN5O2/c26-17-12-10-15(11-13-17)20-14-21(16-6-2-1-3-7-16)31-24(27-20)28-25(29-31)30-22(32)18-8-4-5-9-19(18)23(30)33/h1-14,21H,(H,27,28,29)/t21-/m0/s1. The van der Waals surface area contributed by atoms with Gasteiger partial charge in [0.2, 0.25) is 5.95 Å². The van der Waals surface area contributed by atoms with Gasteiger partial charge in [0.05, 0.1) is 11.1 Å². The zero-order valence-electron chi connectivity index (χ0n) is 17.1. The molecule has 7 nitrogen and oxygen atoms in total. The van der Waals surface area contributed by atoms with E-state index in [1.807, 2.05) is 60.7 Å². The smallest absolute Gasteiger partial charge is 0.268 e. The molecule has 1 atom stereocenters. The van der Waals surface area contributed by atoms with Crippen molar-refractivity contribution in [3.8, 4) is 0 Å². The molecule has 3 heterocycles. The molecule has 160 valence electrons. The molecule has 33 heavy (non-hydrogen) atoms. The monoisotopic (exact) mass is 453 g/mol. The number of benzene rings is 3. The Morgan fingerprint density at radius 3 is 2.12 bits per heavy atom. The van der Waals surface area contributed by atoms with Gasteiger partial charge in [0.1, 0.15) is 6.04 Å². The highest BCUT2D eigenvalue weighted by Gasteiger charge is 2.40. The summed E-state index contributed by atoms with van der Waals surface area (Å²) in [5.74, 6) is -0.389. The molecule has 8 heteroatoms. The van der Waals surface area contributed by atoms with Crippen LogP contribution >= 0.6 is 11.6 Å². The van der Waals surface area contributed by atoms with E-state index in [0.717, 1.165) is 21.7 Å². The number of carbonyl (C=O) groups excluding carboxylic acids is 2. The van der Waals surface area contributed by atoms with Gasteiger partial charge >= 0.3 is 0 Å². The predicted molar refractivity (Wildman–Crippen MR) is 125 cm³/mol. The van der Waals surface area contributed by atoms with Crippen LogP contribution in [0.1, 0.15) is 37.9 Å². The van der Waals surface area contributed by atoms with E-state index in [1.54, 1.807) is 28.9 Å². The number of carbonyl (C=O) groups is 2. The molecule has 1 N–H and O–H groups in total. The number of anilines is 2. The second kappa shape index (κ2) is 7.43. The lowest BCUT2D eigenvalue weighted by molar-refractivity contribution is 0.0924. The number of nitrogens with one attached hydrogen (secondary N) is 1. The zero-order chi connectivity index (χ0) is 22.5. The van der Waals surface area contributed by atoms with E-state index in [2.05, 4.69) is 15.4 Å². The van der Waals surface area contributed by atoms with Gasteiger partial charge in [-0.2, -0.15) is 4.98 Å². The van der Waals surface area contributed by atoms with E-state index < -0.39 is 11.8 Å². The molecule has 0 bridgehead atoms. The quantitative estimate of drug-likeness (QED) is 0.451. The maximum atomic E-state index is 13.0. The Kier molecular flexibility index (Phi) is 4.38. The summed E-state index contributed by atoms with van der Waals surface area (Å²) in [6, 6.07) is 23.8. The number of aromatic nitrogens is 3. The second-order valence-corrected chi connectivity index (χ2v) is 8.18. The highest BCUT2D eigenvalue weighted by Crippen LogP contribution is 2.35. The van der Waals surface area contributed by atoms with Gasteiger partial charge < -0.3 is 5.32 Å². The molecule has 4 aromatic rings. The van der Waals surface area contributed by atoms with Crippen molar-refractivity contribution in [3.05, 3.63) is 112 Å². The van der Waals surface area contributed by atoms with Gasteiger partial charge in [-0.15, -0.1) is 5.10 Å². The molecule has 2 amide bonds. The minimum absolute atomic E-state index is 0.0374. The molecular formula is C25H16ClN5O2. The Hall–Kier alpha value is -4.23. The van der Waals surface area contributed by atoms with Gasteiger partial charge in [-0.3, -0.25) is 9.59 Å². The molecule has 0 spiro atoms. The first kappa shape index (κ1) is 19.5. The number of amides is 2. The summed E-state index contributed by atoms with van der Waals surface area (Å²) in [7, 11) is 0. The Labute approximate surface area is 193 Å². The van der Waals surface area contributed by atoms with E-state index in [-0.39, 0.29) is 12.0 Å². The van der Waals surface area contributed by atoms with Crippen LogP contribution in [-0.2, 0) is 0 Å². The Morgan fingerprint density at radius 2 is 1.45 bits per heavy atom. The Balaban J connectivity index is 1.45. The second-order valence-electron chi connectivity index (χ2n) is 7.74. The van der Waals surface area contributed by atoms with Crippen molar-refractivity contribution in [2.45, 2.75) is 6.04 Å². The number of hydrogen-bond acceptors (Lipinski definition) is 5. The van der Waals surface area contributed by atoms with Crippen LogP contribution in [0.25, 0.3) is 5.70 Å². The van der Waals surface area contributed by atoms with E-state index in [1.165, 1.54) is 0 Å². The van der Waals surface area contributed by atoms with Crippen LogP contribution in [0.2, 0.25) is 5.02 Å². The SMILES string of the molecule is O=C1c2ccccc2C(=O)N1c1nc2n(n1)[C@H](c1ccccc1)C=C(c1ccc(Cl)cc1)N2. The van der Waals surface area contributed by atoms with Crippen molar-refractivity contribution in [3.63, 3.8) is 0 Å². The molecule has 0 saturated carbocycles. The maximum absolute atomic E-state index is 13.0. The lowest BCUT2D eigenvalue weighted by atomic mass is 10.0. The number of hydrogen-bond donors (Lipinski definition) is 1. The summed E-state index contributed by atoms with van der Waals surface area (Å²) in [4.78, 5) is 31.5. The number of nitrogens with zero attached hydrogens (tertiary/aromatic N) is 4. The summed E-state index contributed by atoms with van der Waals surface area (Å²) >= 11 is 6.06. The number of halogens is 1. The molecule has 0 radical (unpaired) electrons. The first-order valence-electron chi connectivity index (χ1n) is 10.3. The van der Waals surface area contributed by atoms with Crippen molar-refractivity contribution in [2.24, 2.45) is 0 Å². The van der Waals surface area contributed by atoms with Crippen molar-refractivity contribution < 1.29 is 9.59 Å². The Morgan fingerprint density at radius 1 is 0.818 bits per heavy atom. The van der Waals surface area contributed by atoms with E-state index in [4.69, 9.17) is 11.6 Å². The number of imide groups is 1. The van der Waals surface area contributed by atoms with Crippen LogP contribution in [0.5, 0.6) is 0 Å². The highest BCUT2D eigenvalue weighted by molar-refractivity contribution is 6.33. The fraction of sp³-hybridized carbons (Fsp3) is 0.0400. The van der Waals surface area contributed by atoms with Crippen LogP contribution in [0.3, 0.4) is 0 Å². The number of allylic oxidation sites excluding steroid dienone is 1. The minimum atomic E-state index is -0.430. The number of rotatable bonds is 3. The topological polar surface area (TPSA) is 80.1 Å². The fourth-order valence-electron chi connectivity index (χ4n) is 4.13. The lowest BCUT2D eigenvalue weighted by Crippen LogP contribution is -2.30. The summed E-state index contributed by atoms with van der Waals surface area (Å²) in [6.07, 6.45) is 2.03. The summed E-state index contributed by atoms with van der Waals surface area (Å²) < 4.78 is 1.69. The molecule has 3 aromatic carbocycles. The van der Waals surface area contributed by atoms with E-state index in [0.29, 0.717) is 22.1 Å². The first-order valence-corrected chi connectivity index (χ1v) is 10.7. The maximum Gasteiger partial charge on any atom is 0.268 e. The van der Waals surface area contributed by atoms with E-state index in [9.17, 15) is 9.59 Å². The van der Waals surface area contributed by atoms with Crippen LogP contribution < -0.4 is 10.2 Å².